The van der Waals surface area contributed by atoms with Gasteiger partial charge in [0.25, 0.3) is 0 Å². The van der Waals surface area contributed by atoms with E-state index in [4.69, 9.17) is 5.26 Å². The molecule has 2 fully saturated rings. The number of hydrogen-bond acceptors (Lipinski definition) is 5. The first-order valence-electron chi connectivity index (χ1n) is 11.9. The Kier molecular flexibility index (Phi) is 6.82. The summed E-state index contributed by atoms with van der Waals surface area (Å²) in [6, 6.07) is 5.53. The fourth-order valence-corrected chi connectivity index (χ4v) is 5.62. The van der Waals surface area contributed by atoms with Crippen molar-refractivity contribution in [3.8, 4) is 6.07 Å². The van der Waals surface area contributed by atoms with Crippen LogP contribution in [-0.4, -0.2) is 53.8 Å². The van der Waals surface area contributed by atoms with Crippen molar-refractivity contribution in [1.29, 1.82) is 5.26 Å². The number of anilines is 1. The molecule has 1 atom stereocenters. The van der Waals surface area contributed by atoms with Crippen LogP contribution in [0.1, 0.15) is 42.1 Å². The number of hydrogen-bond donors (Lipinski definition) is 1. The van der Waals surface area contributed by atoms with E-state index in [1.54, 1.807) is 19.2 Å². The van der Waals surface area contributed by atoms with Crippen molar-refractivity contribution in [2.24, 2.45) is 11.3 Å². The Labute approximate surface area is 203 Å². The van der Waals surface area contributed by atoms with Crippen LogP contribution >= 0.6 is 0 Å². The Bertz CT molecular complexity index is 1130. The van der Waals surface area contributed by atoms with Gasteiger partial charge in [-0.1, -0.05) is 0 Å². The van der Waals surface area contributed by atoms with Gasteiger partial charge in [-0.15, -0.1) is 0 Å². The summed E-state index contributed by atoms with van der Waals surface area (Å²) in [6.45, 7) is 8.07. The fourth-order valence-electron chi connectivity index (χ4n) is 5.62. The van der Waals surface area contributed by atoms with Gasteiger partial charge in [-0.25, -0.2) is 0 Å². The highest BCUT2D eigenvalue weighted by Crippen LogP contribution is 2.46. The van der Waals surface area contributed by atoms with Gasteiger partial charge in [0, 0.05) is 63.8 Å². The molecule has 1 amide bonds. The normalized spacial score (nSPS) is 20.3. The predicted octanol–water partition coefficient (Wildman–Crippen LogP) is 3.57. The molecule has 1 aromatic carbocycles. The van der Waals surface area contributed by atoms with Crippen LogP contribution in [0, 0.1) is 29.6 Å². The number of nitrogens with zero attached hydrogens (tertiary/aromatic N) is 5. The van der Waals surface area contributed by atoms with Gasteiger partial charge in [0.1, 0.15) is 0 Å². The highest BCUT2D eigenvalue weighted by atomic mass is 19.4. The second-order valence-corrected chi connectivity index (χ2v) is 9.62. The Hall–Kier alpha value is -3.06. The van der Waals surface area contributed by atoms with E-state index in [1.807, 2.05) is 23.4 Å². The number of halogens is 3. The minimum Gasteiger partial charge on any atom is -0.371 e. The van der Waals surface area contributed by atoms with Crippen LogP contribution in [0.15, 0.2) is 24.4 Å². The number of aromatic nitrogens is 2. The van der Waals surface area contributed by atoms with Gasteiger partial charge in [-0.3, -0.25) is 14.4 Å². The van der Waals surface area contributed by atoms with Crippen molar-refractivity contribution in [1.82, 2.24) is 20.0 Å². The number of carbonyl (C=O) groups is 1. The average Bonchev–Trinajstić information content (AvgIpc) is 3.37. The van der Waals surface area contributed by atoms with Gasteiger partial charge in [0.05, 0.1) is 28.8 Å². The zero-order valence-electron chi connectivity index (χ0n) is 20.3. The van der Waals surface area contributed by atoms with Gasteiger partial charge in [-0.05, 0) is 50.3 Å². The molecule has 0 radical (unpaired) electrons. The van der Waals surface area contributed by atoms with Crippen molar-refractivity contribution in [2.75, 3.05) is 38.1 Å². The van der Waals surface area contributed by atoms with E-state index < -0.39 is 11.7 Å². The molecule has 2 saturated heterocycles. The predicted molar refractivity (Wildman–Crippen MR) is 126 cm³/mol. The largest absolute Gasteiger partial charge is 0.417 e. The van der Waals surface area contributed by atoms with Crippen molar-refractivity contribution in [3.05, 3.63) is 46.8 Å². The maximum Gasteiger partial charge on any atom is 0.417 e. The third kappa shape index (κ3) is 4.87. The fraction of sp³-hybridized carbons (Fsp3) is 0.560. The number of nitrogens with one attached hydrogen (secondary N) is 1. The molecule has 1 aromatic heterocycles. The summed E-state index contributed by atoms with van der Waals surface area (Å²) < 4.78 is 42.3. The van der Waals surface area contributed by atoms with E-state index in [-0.39, 0.29) is 22.8 Å². The SMILES string of the molecule is CCn1cc(CN2CC(C(=O)NC)C3(CCN(c4ccc(C#N)c(C(F)(F)F)c4)CC3)C2)c(C)n1. The summed E-state index contributed by atoms with van der Waals surface area (Å²) in [5.74, 6) is -0.164. The molecule has 3 heterocycles. The molecule has 0 aliphatic carbocycles. The van der Waals surface area contributed by atoms with Crippen LogP contribution in [0.2, 0.25) is 0 Å². The summed E-state index contributed by atoms with van der Waals surface area (Å²) >= 11 is 0. The Morgan fingerprint density at radius 2 is 2.03 bits per heavy atom. The van der Waals surface area contributed by atoms with E-state index >= 15 is 0 Å². The van der Waals surface area contributed by atoms with Crippen LogP contribution in [-0.2, 0) is 24.1 Å². The van der Waals surface area contributed by atoms with E-state index in [0.29, 0.717) is 38.2 Å². The Morgan fingerprint density at radius 3 is 2.60 bits per heavy atom. The van der Waals surface area contributed by atoms with Crippen LogP contribution < -0.4 is 10.2 Å². The molecule has 1 N–H and O–H groups in total. The van der Waals surface area contributed by atoms with Crippen LogP contribution in [0.5, 0.6) is 0 Å². The number of rotatable bonds is 5. The summed E-state index contributed by atoms with van der Waals surface area (Å²) in [5.41, 5.74) is 1.08. The molecular weight excluding hydrogens is 457 g/mol. The lowest BCUT2D eigenvalue weighted by Crippen LogP contribution is -2.48. The number of amides is 1. The molecule has 188 valence electrons. The maximum absolute atomic E-state index is 13.5. The summed E-state index contributed by atoms with van der Waals surface area (Å²) in [7, 11) is 1.65. The van der Waals surface area contributed by atoms with E-state index in [1.165, 1.54) is 6.07 Å². The number of nitriles is 1. The lowest BCUT2D eigenvalue weighted by atomic mass is 9.70. The number of aryl methyl sites for hydroxylation is 2. The monoisotopic (exact) mass is 488 g/mol. The second-order valence-electron chi connectivity index (χ2n) is 9.62. The molecule has 2 aromatic rings. The molecular formula is C25H31F3N6O. The van der Waals surface area contributed by atoms with Gasteiger partial charge < -0.3 is 10.2 Å². The van der Waals surface area contributed by atoms with Gasteiger partial charge >= 0.3 is 6.18 Å². The molecule has 35 heavy (non-hydrogen) atoms. The number of piperidine rings is 1. The first kappa shape index (κ1) is 25.0. The molecule has 1 spiro atoms. The number of alkyl halides is 3. The van der Waals surface area contributed by atoms with E-state index in [2.05, 4.69) is 21.5 Å². The molecule has 0 bridgehead atoms. The first-order valence-corrected chi connectivity index (χ1v) is 11.9. The van der Waals surface area contributed by atoms with Crippen molar-refractivity contribution < 1.29 is 18.0 Å². The topological polar surface area (TPSA) is 77.2 Å². The first-order chi connectivity index (χ1) is 16.6. The third-order valence-electron chi connectivity index (χ3n) is 7.60. The average molecular weight is 489 g/mol. The van der Waals surface area contributed by atoms with Crippen molar-refractivity contribution in [2.45, 2.75) is 46.0 Å². The quantitative estimate of drug-likeness (QED) is 0.697. The van der Waals surface area contributed by atoms with Crippen LogP contribution in [0.4, 0.5) is 18.9 Å². The molecule has 7 nitrogen and oxygen atoms in total. The summed E-state index contributed by atoms with van der Waals surface area (Å²) in [4.78, 5) is 17.1. The zero-order valence-corrected chi connectivity index (χ0v) is 20.3. The van der Waals surface area contributed by atoms with E-state index in [0.717, 1.165) is 37.0 Å². The summed E-state index contributed by atoms with van der Waals surface area (Å²) in [6.07, 6.45) is -1.12. The molecule has 2 aliphatic rings. The highest BCUT2D eigenvalue weighted by molar-refractivity contribution is 5.80. The summed E-state index contributed by atoms with van der Waals surface area (Å²) in [5, 5.41) is 16.4. The lowest BCUT2D eigenvalue weighted by molar-refractivity contribution is -0.137. The van der Waals surface area contributed by atoms with Crippen molar-refractivity contribution >= 4 is 11.6 Å². The van der Waals surface area contributed by atoms with Crippen molar-refractivity contribution in [3.63, 3.8) is 0 Å². The van der Waals surface area contributed by atoms with Gasteiger partial charge in [-0.2, -0.15) is 23.5 Å². The number of likely N-dealkylation sites (tertiary alicyclic amines) is 1. The molecule has 0 saturated carbocycles. The second kappa shape index (κ2) is 9.53. The highest BCUT2D eigenvalue weighted by Gasteiger charge is 2.51. The molecule has 10 heteroatoms. The standard InChI is InChI=1S/C25H31F3N6O/c1-4-34-14-19(17(2)31-34)13-32-15-22(23(35)30-3)24(16-32)7-9-33(10-8-24)20-6-5-18(12-29)21(11-20)25(26,27)28/h5-6,11,14,22H,4,7-10,13,15-16H2,1-3H3,(H,30,35). The third-order valence-corrected chi connectivity index (χ3v) is 7.60. The maximum atomic E-state index is 13.5. The smallest absolute Gasteiger partial charge is 0.371 e. The van der Waals surface area contributed by atoms with Gasteiger partial charge in [0.15, 0.2) is 0 Å². The Morgan fingerprint density at radius 1 is 1.31 bits per heavy atom. The lowest BCUT2D eigenvalue weighted by Gasteiger charge is -2.43. The number of carbonyl (C=O) groups excluding carboxylic acids is 1. The zero-order chi connectivity index (χ0) is 25.4. The molecule has 4 rings (SSSR count). The molecule has 1 unspecified atom stereocenters. The number of benzene rings is 1. The minimum absolute atomic E-state index is 0.0136. The van der Waals surface area contributed by atoms with Crippen LogP contribution in [0.3, 0.4) is 0 Å². The minimum atomic E-state index is -4.59. The van der Waals surface area contributed by atoms with Gasteiger partial charge in [0.2, 0.25) is 5.91 Å². The Balaban J connectivity index is 1.52. The van der Waals surface area contributed by atoms with Crippen LogP contribution in [0.25, 0.3) is 0 Å². The van der Waals surface area contributed by atoms with E-state index in [9.17, 15) is 18.0 Å². The molecule has 2 aliphatic heterocycles.